The monoisotopic (exact) mass is 169 g/mol. The Kier molecular flexibility index (Phi) is 5.23. The van der Waals surface area contributed by atoms with Gasteiger partial charge >= 0.3 is 0 Å². The fourth-order valence-corrected chi connectivity index (χ4v) is 1.73. The van der Waals surface area contributed by atoms with Crippen molar-refractivity contribution in [3.63, 3.8) is 0 Å². The van der Waals surface area contributed by atoms with Crippen LogP contribution in [-0.2, 0) is 0 Å². The van der Waals surface area contributed by atoms with Crippen molar-refractivity contribution < 1.29 is 0 Å². The largest absolute Gasteiger partial charge is 0.314 e. The van der Waals surface area contributed by atoms with E-state index in [9.17, 15) is 0 Å². The molecule has 0 heterocycles. The van der Waals surface area contributed by atoms with Crippen molar-refractivity contribution in [1.29, 1.82) is 0 Å². The number of nitrogens with one attached hydrogen (secondary N) is 1. The fourth-order valence-electron chi connectivity index (χ4n) is 1.73. The summed E-state index contributed by atoms with van der Waals surface area (Å²) in [7, 11) is 0. The molecule has 0 aromatic heterocycles. The summed E-state index contributed by atoms with van der Waals surface area (Å²) in [5, 5.41) is 3.51. The second-order valence-corrected chi connectivity index (χ2v) is 4.00. The van der Waals surface area contributed by atoms with Crippen LogP contribution in [0.1, 0.15) is 40.5 Å². The maximum atomic E-state index is 3.79. The first-order valence-corrected chi connectivity index (χ1v) is 4.92. The van der Waals surface area contributed by atoms with Crippen molar-refractivity contribution in [2.24, 2.45) is 5.41 Å². The topological polar surface area (TPSA) is 12.0 Å². The molecule has 0 saturated heterocycles. The minimum absolute atomic E-state index is 0.340. The summed E-state index contributed by atoms with van der Waals surface area (Å²) >= 11 is 0. The summed E-state index contributed by atoms with van der Waals surface area (Å²) in [4.78, 5) is 0. The van der Waals surface area contributed by atoms with Gasteiger partial charge in [-0.3, -0.25) is 0 Å². The molecule has 0 aromatic rings. The molecule has 0 spiro atoms. The molecule has 1 nitrogen and oxygen atoms in total. The second-order valence-electron chi connectivity index (χ2n) is 4.00. The maximum Gasteiger partial charge on any atom is 0.0118 e. The van der Waals surface area contributed by atoms with Crippen molar-refractivity contribution in [1.82, 2.24) is 5.32 Å². The van der Waals surface area contributed by atoms with E-state index in [1.54, 1.807) is 0 Å². The quantitative estimate of drug-likeness (QED) is 0.603. The lowest BCUT2D eigenvalue weighted by atomic mass is 9.80. The Morgan fingerprint density at radius 1 is 1.42 bits per heavy atom. The van der Waals surface area contributed by atoms with E-state index in [4.69, 9.17) is 0 Å². The molecule has 1 unspecified atom stereocenters. The van der Waals surface area contributed by atoms with Crippen molar-refractivity contribution >= 4 is 0 Å². The molecule has 0 saturated carbocycles. The molecule has 1 N–H and O–H groups in total. The van der Waals surface area contributed by atoms with Gasteiger partial charge in [0.15, 0.2) is 0 Å². The Bertz CT molecular complexity index is 127. The Balaban J connectivity index is 4.14. The normalized spacial score (nSPS) is 14.3. The first-order chi connectivity index (χ1) is 5.58. The first-order valence-electron chi connectivity index (χ1n) is 4.92. The summed E-state index contributed by atoms with van der Waals surface area (Å²) in [6.45, 7) is 13.8. The van der Waals surface area contributed by atoms with Gasteiger partial charge in [0.1, 0.15) is 0 Å². The number of rotatable bonds is 6. The van der Waals surface area contributed by atoms with E-state index in [-0.39, 0.29) is 0 Å². The Morgan fingerprint density at radius 3 is 2.33 bits per heavy atom. The van der Waals surface area contributed by atoms with Gasteiger partial charge in [0.25, 0.3) is 0 Å². The summed E-state index contributed by atoms with van der Waals surface area (Å²) in [6.07, 6.45) is 4.28. The molecule has 0 aromatic carbocycles. The first kappa shape index (κ1) is 11.7. The number of hydrogen-bond acceptors (Lipinski definition) is 1. The van der Waals surface area contributed by atoms with E-state index in [0.29, 0.717) is 11.5 Å². The summed E-state index contributed by atoms with van der Waals surface area (Å²) in [5.74, 6) is 0. The highest BCUT2D eigenvalue weighted by Crippen LogP contribution is 2.27. The zero-order valence-electron chi connectivity index (χ0n) is 8.98. The smallest absolute Gasteiger partial charge is 0.0118 e. The van der Waals surface area contributed by atoms with Gasteiger partial charge in [-0.2, -0.15) is 0 Å². The molecule has 0 fully saturated rings. The predicted molar refractivity (Wildman–Crippen MR) is 56.4 cm³/mol. The lowest BCUT2D eigenvalue weighted by molar-refractivity contribution is 0.240. The van der Waals surface area contributed by atoms with Gasteiger partial charge in [0.05, 0.1) is 0 Å². The van der Waals surface area contributed by atoms with Crippen molar-refractivity contribution in [3.8, 4) is 0 Å². The van der Waals surface area contributed by atoms with Crippen LogP contribution in [0.4, 0.5) is 0 Å². The van der Waals surface area contributed by atoms with Gasteiger partial charge in [-0.15, -0.1) is 6.58 Å². The Hall–Kier alpha value is -0.300. The average molecular weight is 169 g/mol. The van der Waals surface area contributed by atoms with Gasteiger partial charge in [-0.1, -0.05) is 33.8 Å². The van der Waals surface area contributed by atoms with Crippen molar-refractivity contribution in [2.45, 2.75) is 46.6 Å². The van der Waals surface area contributed by atoms with Crippen molar-refractivity contribution in [2.75, 3.05) is 6.54 Å². The second kappa shape index (κ2) is 5.36. The van der Waals surface area contributed by atoms with Crippen LogP contribution < -0.4 is 5.32 Å². The van der Waals surface area contributed by atoms with Crippen LogP contribution in [0.2, 0.25) is 0 Å². The van der Waals surface area contributed by atoms with E-state index in [1.165, 1.54) is 6.42 Å². The van der Waals surface area contributed by atoms with Gasteiger partial charge in [0.2, 0.25) is 0 Å². The highest BCUT2D eigenvalue weighted by Gasteiger charge is 2.25. The molecular weight excluding hydrogens is 146 g/mol. The Labute approximate surface area is 77.2 Å². The highest BCUT2D eigenvalue weighted by molar-refractivity contribution is 4.88. The van der Waals surface area contributed by atoms with E-state index in [1.807, 2.05) is 6.08 Å². The van der Waals surface area contributed by atoms with Crippen LogP contribution in [0.3, 0.4) is 0 Å². The molecule has 0 rings (SSSR count). The van der Waals surface area contributed by atoms with Gasteiger partial charge in [-0.05, 0) is 24.8 Å². The van der Waals surface area contributed by atoms with Crippen LogP contribution in [0.5, 0.6) is 0 Å². The number of allylic oxidation sites excluding steroid dienone is 1. The van der Waals surface area contributed by atoms with Gasteiger partial charge in [-0.25, -0.2) is 0 Å². The zero-order valence-corrected chi connectivity index (χ0v) is 8.98. The molecule has 0 aliphatic heterocycles. The third kappa shape index (κ3) is 3.40. The lowest BCUT2D eigenvalue weighted by Crippen LogP contribution is -2.41. The van der Waals surface area contributed by atoms with Crippen LogP contribution >= 0.6 is 0 Å². The van der Waals surface area contributed by atoms with E-state index < -0.39 is 0 Å². The van der Waals surface area contributed by atoms with Crippen LogP contribution in [0.15, 0.2) is 12.7 Å². The predicted octanol–water partition coefficient (Wildman–Crippen LogP) is 2.98. The van der Waals surface area contributed by atoms with E-state index in [0.717, 1.165) is 13.0 Å². The minimum Gasteiger partial charge on any atom is -0.314 e. The summed E-state index contributed by atoms with van der Waals surface area (Å²) in [5.41, 5.74) is 0.340. The molecule has 1 atom stereocenters. The summed E-state index contributed by atoms with van der Waals surface area (Å²) < 4.78 is 0. The highest BCUT2D eigenvalue weighted by atomic mass is 14.9. The van der Waals surface area contributed by atoms with Crippen molar-refractivity contribution in [3.05, 3.63) is 12.7 Å². The third-order valence-electron chi connectivity index (χ3n) is 2.47. The Morgan fingerprint density at radius 2 is 2.00 bits per heavy atom. The molecular formula is C11H23N. The summed E-state index contributed by atoms with van der Waals surface area (Å²) in [6, 6.07) is 0.612. The molecule has 0 aliphatic rings. The molecule has 0 amide bonds. The molecule has 0 bridgehead atoms. The zero-order chi connectivity index (χ0) is 9.61. The van der Waals surface area contributed by atoms with Crippen LogP contribution in [-0.4, -0.2) is 12.6 Å². The average Bonchev–Trinajstić information content (AvgIpc) is 1.99. The number of hydrogen-bond donors (Lipinski definition) is 1. The van der Waals surface area contributed by atoms with E-state index >= 15 is 0 Å². The minimum atomic E-state index is 0.340. The fraction of sp³-hybridized carbons (Fsp3) is 0.818. The van der Waals surface area contributed by atoms with E-state index in [2.05, 4.69) is 39.6 Å². The molecule has 0 aliphatic carbocycles. The SMILES string of the molecule is C=CCC(C)(C)C(CC)NCC. The standard InChI is InChI=1S/C11H23N/c1-6-9-11(4,5)10(7-2)12-8-3/h6,10,12H,1,7-9H2,2-5H3. The molecule has 72 valence electrons. The molecule has 0 radical (unpaired) electrons. The van der Waals surface area contributed by atoms with Crippen LogP contribution in [0, 0.1) is 5.41 Å². The third-order valence-corrected chi connectivity index (χ3v) is 2.47. The van der Waals surface area contributed by atoms with Crippen LogP contribution in [0.25, 0.3) is 0 Å². The molecule has 1 heteroatoms. The van der Waals surface area contributed by atoms with Gasteiger partial charge in [0, 0.05) is 6.04 Å². The lowest BCUT2D eigenvalue weighted by Gasteiger charge is -2.33. The van der Waals surface area contributed by atoms with Gasteiger partial charge < -0.3 is 5.32 Å². The maximum absolute atomic E-state index is 3.79. The molecule has 12 heavy (non-hydrogen) atoms.